The SMILES string of the molecule is CCc1nnc(N/N=C\c2ccc(OC(C)=O)c(OC)c2)n1N.Cl. The predicted octanol–water partition coefficient (Wildman–Crippen LogP) is 1.36. The fourth-order valence-electron chi connectivity index (χ4n) is 1.81. The van der Waals surface area contributed by atoms with Crippen molar-refractivity contribution >= 4 is 30.5 Å². The number of nitrogen functional groups attached to an aromatic ring is 1. The van der Waals surface area contributed by atoms with Gasteiger partial charge in [-0.15, -0.1) is 22.6 Å². The third-order valence-corrected chi connectivity index (χ3v) is 2.90. The van der Waals surface area contributed by atoms with Crippen LogP contribution in [0.4, 0.5) is 5.95 Å². The molecule has 10 heteroatoms. The summed E-state index contributed by atoms with van der Waals surface area (Å²) in [5, 5.41) is 11.8. The summed E-state index contributed by atoms with van der Waals surface area (Å²) < 4.78 is 11.6. The van der Waals surface area contributed by atoms with E-state index < -0.39 is 5.97 Å². The molecule has 2 aromatic rings. The molecule has 0 bridgehead atoms. The number of hydrazone groups is 1. The van der Waals surface area contributed by atoms with Crippen LogP contribution in [0.2, 0.25) is 0 Å². The van der Waals surface area contributed by atoms with E-state index in [0.717, 1.165) is 5.56 Å². The van der Waals surface area contributed by atoms with Gasteiger partial charge in [0.25, 0.3) is 5.95 Å². The molecule has 0 unspecified atom stereocenters. The second-order valence-corrected chi connectivity index (χ2v) is 4.54. The molecular formula is C14H19ClN6O3. The number of hydrogen-bond acceptors (Lipinski definition) is 8. The zero-order valence-corrected chi connectivity index (χ0v) is 14.3. The maximum atomic E-state index is 11.0. The second kappa shape index (κ2) is 8.73. The highest BCUT2D eigenvalue weighted by atomic mass is 35.5. The molecule has 1 heterocycles. The Morgan fingerprint density at radius 1 is 1.42 bits per heavy atom. The molecule has 0 fully saturated rings. The Labute approximate surface area is 145 Å². The van der Waals surface area contributed by atoms with Crippen LogP contribution < -0.4 is 20.7 Å². The van der Waals surface area contributed by atoms with Crippen LogP contribution in [0.1, 0.15) is 25.2 Å². The molecule has 1 aromatic heterocycles. The summed E-state index contributed by atoms with van der Waals surface area (Å²) in [5.41, 5.74) is 3.45. The molecule has 0 spiro atoms. The molecule has 0 aliphatic rings. The smallest absolute Gasteiger partial charge is 0.308 e. The Kier molecular flexibility index (Phi) is 6.99. The molecule has 9 nitrogen and oxygen atoms in total. The number of aryl methyl sites for hydroxylation is 1. The lowest BCUT2D eigenvalue weighted by Crippen LogP contribution is -2.14. The van der Waals surface area contributed by atoms with Crippen molar-refractivity contribution in [3.8, 4) is 11.5 Å². The number of benzene rings is 1. The monoisotopic (exact) mass is 354 g/mol. The van der Waals surface area contributed by atoms with Gasteiger partial charge in [-0.2, -0.15) is 5.10 Å². The maximum absolute atomic E-state index is 11.0. The molecule has 0 radical (unpaired) electrons. The van der Waals surface area contributed by atoms with Gasteiger partial charge in [0.05, 0.1) is 13.3 Å². The number of esters is 1. The summed E-state index contributed by atoms with van der Waals surface area (Å²) in [6.07, 6.45) is 2.23. The van der Waals surface area contributed by atoms with Crippen LogP contribution in [0.5, 0.6) is 11.5 Å². The van der Waals surface area contributed by atoms with Gasteiger partial charge in [-0.25, -0.2) is 10.1 Å². The van der Waals surface area contributed by atoms with Gasteiger partial charge < -0.3 is 15.3 Å². The molecular weight excluding hydrogens is 336 g/mol. The van der Waals surface area contributed by atoms with E-state index in [9.17, 15) is 4.79 Å². The first-order chi connectivity index (χ1) is 11.0. The number of hydrogen-bond donors (Lipinski definition) is 2. The topological polar surface area (TPSA) is 117 Å². The highest BCUT2D eigenvalue weighted by Crippen LogP contribution is 2.27. The van der Waals surface area contributed by atoms with Crippen molar-refractivity contribution in [1.82, 2.24) is 14.9 Å². The number of aromatic nitrogens is 3. The zero-order valence-electron chi connectivity index (χ0n) is 13.5. The van der Waals surface area contributed by atoms with Crippen LogP contribution in [0.25, 0.3) is 0 Å². The Balaban J connectivity index is 0.00000288. The van der Waals surface area contributed by atoms with Crippen molar-refractivity contribution in [3.05, 3.63) is 29.6 Å². The Morgan fingerprint density at radius 3 is 2.75 bits per heavy atom. The minimum absolute atomic E-state index is 0. The first-order valence-corrected chi connectivity index (χ1v) is 6.90. The van der Waals surface area contributed by atoms with Crippen molar-refractivity contribution in [2.45, 2.75) is 20.3 Å². The number of rotatable bonds is 6. The van der Waals surface area contributed by atoms with Gasteiger partial charge in [0.2, 0.25) is 0 Å². The Bertz CT molecular complexity index is 731. The standard InChI is InChI=1S/C14H18N6O3.ClH/c1-4-13-17-19-14(20(13)15)18-16-8-10-5-6-11(23-9(2)21)12(7-10)22-3;/h5-8H,4,15H2,1-3H3,(H,18,19);1H/b16-8-;. The molecule has 0 atom stereocenters. The van der Waals surface area contributed by atoms with Gasteiger partial charge in [0.15, 0.2) is 17.3 Å². The lowest BCUT2D eigenvalue weighted by Gasteiger charge is -2.08. The van der Waals surface area contributed by atoms with Gasteiger partial charge in [-0.3, -0.25) is 4.79 Å². The van der Waals surface area contributed by atoms with E-state index in [1.54, 1.807) is 24.4 Å². The number of carbonyl (C=O) groups is 1. The van der Waals surface area contributed by atoms with E-state index in [2.05, 4.69) is 20.7 Å². The van der Waals surface area contributed by atoms with E-state index in [0.29, 0.717) is 29.7 Å². The molecule has 24 heavy (non-hydrogen) atoms. The van der Waals surface area contributed by atoms with Gasteiger partial charge >= 0.3 is 5.97 Å². The minimum atomic E-state index is -0.416. The summed E-state index contributed by atoms with van der Waals surface area (Å²) in [4.78, 5) is 11.0. The van der Waals surface area contributed by atoms with Crippen LogP contribution >= 0.6 is 12.4 Å². The van der Waals surface area contributed by atoms with Crippen molar-refractivity contribution in [1.29, 1.82) is 0 Å². The largest absolute Gasteiger partial charge is 0.493 e. The van der Waals surface area contributed by atoms with Crippen LogP contribution in [0.3, 0.4) is 0 Å². The quantitative estimate of drug-likeness (QED) is 0.264. The van der Waals surface area contributed by atoms with Gasteiger partial charge in [-0.05, 0) is 23.8 Å². The van der Waals surface area contributed by atoms with Crippen molar-refractivity contribution < 1.29 is 14.3 Å². The number of nitrogens with one attached hydrogen (secondary N) is 1. The summed E-state index contributed by atoms with van der Waals surface area (Å²) >= 11 is 0. The van der Waals surface area contributed by atoms with E-state index in [-0.39, 0.29) is 12.4 Å². The molecule has 3 N–H and O–H groups in total. The van der Waals surface area contributed by atoms with Gasteiger partial charge in [0, 0.05) is 13.3 Å². The van der Waals surface area contributed by atoms with E-state index in [1.807, 2.05) is 6.92 Å². The first kappa shape index (κ1) is 19.2. The number of anilines is 1. The highest BCUT2D eigenvalue weighted by Gasteiger charge is 2.08. The molecule has 0 saturated heterocycles. The maximum Gasteiger partial charge on any atom is 0.308 e. The number of halogens is 1. The third-order valence-electron chi connectivity index (χ3n) is 2.90. The van der Waals surface area contributed by atoms with E-state index >= 15 is 0 Å². The molecule has 0 amide bonds. The average molecular weight is 355 g/mol. The van der Waals surface area contributed by atoms with Crippen molar-refractivity contribution in [3.63, 3.8) is 0 Å². The molecule has 0 aliphatic carbocycles. The predicted molar refractivity (Wildman–Crippen MR) is 92.3 cm³/mol. The average Bonchev–Trinajstić information content (AvgIpc) is 2.88. The van der Waals surface area contributed by atoms with Crippen molar-refractivity contribution in [2.75, 3.05) is 18.4 Å². The first-order valence-electron chi connectivity index (χ1n) is 6.90. The lowest BCUT2D eigenvalue weighted by atomic mass is 10.2. The fourth-order valence-corrected chi connectivity index (χ4v) is 1.81. The number of nitrogens with zero attached hydrogens (tertiary/aromatic N) is 4. The van der Waals surface area contributed by atoms with Gasteiger partial charge in [0.1, 0.15) is 0 Å². The number of methoxy groups -OCH3 is 1. The van der Waals surface area contributed by atoms with E-state index in [1.165, 1.54) is 18.7 Å². The third kappa shape index (κ3) is 4.59. The van der Waals surface area contributed by atoms with Gasteiger partial charge in [-0.1, -0.05) is 6.92 Å². The zero-order chi connectivity index (χ0) is 16.8. The second-order valence-electron chi connectivity index (χ2n) is 4.54. The highest BCUT2D eigenvalue weighted by molar-refractivity contribution is 5.85. The van der Waals surface area contributed by atoms with Crippen LogP contribution in [0.15, 0.2) is 23.3 Å². The molecule has 130 valence electrons. The van der Waals surface area contributed by atoms with E-state index in [4.69, 9.17) is 15.3 Å². The number of carbonyl (C=O) groups excluding carboxylic acids is 1. The number of ether oxygens (including phenoxy) is 2. The summed E-state index contributed by atoms with van der Waals surface area (Å²) in [5.74, 6) is 7.14. The van der Waals surface area contributed by atoms with Crippen LogP contribution in [-0.4, -0.2) is 34.2 Å². The molecule has 0 saturated carbocycles. The molecule has 2 rings (SSSR count). The summed E-state index contributed by atoms with van der Waals surface area (Å²) in [6.45, 7) is 3.25. The number of nitrogens with two attached hydrogens (primary N) is 1. The minimum Gasteiger partial charge on any atom is -0.493 e. The Hall–Kier alpha value is -2.81. The summed E-state index contributed by atoms with van der Waals surface area (Å²) in [7, 11) is 1.49. The lowest BCUT2D eigenvalue weighted by molar-refractivity contribution is -0.132. The van der Waals surface area contributed by atoms with Crippen LogP contribution in [-0.2, 0) is 11.2 Å². The Morgan fingerprint density at radius 2 is 2.17 bits per heavy atom. The van der Waals surface area contributed by atoms with Crippen molar-refractivity contribution in [2.24, 2.45) is 5.10 Å². The summed E-state index contributed by atoms with van der Waals surface area (Å²) in [6, 6.07) is 5.05. The molecule has 1 aromatic carbocycles. The fraction of sp³-hybridized carbons (Fsp3) is 0.286. The molecule has 0 aliphatic heterocycles. The van der Waals surface area contributed by atoms with Crippen LogP contribution in [0, 0.1) is 0 Å². The normalized spacial score (nSPS) is 10.3.